The molecule has 1 saturated carbocycles. The third-order valence-corrected chi connectivity index (χ3v) is 3.85. The van der Waals surface area contributed by atoms with Crippen molar-refractivity contribution in [1.29, 1.82) is 0 Å². The number of nitrogens with one attached hydrogen (secondary N) is 1. The molecule has 1 aliphatic carbocycles. The van der Waals surface area contributed by atoms with Gasteiger partial charge in [-0.15, -0.1) is 0 Å². The van der Waals surface area contributed by atoms with Crippen molar-refractivity contribution in [1.82, 2.24) is 9.47 Å². The number of urea groups is 1. The van der Waals surface area contributed by atoms with Crippen molar-refractivity contribution < 1.29 is 14.3 Å². The highest BCUT2D eigenvalue weighted by Gasteiger charge is 2.35. The van der Waals surface area contributed by atoms with E-state index < -0.39 is 11.4 Å². The number of rotatable bonds is 4. The topological polar surface area (TPSA) is 87.7 Å². The Morgan fingerprint density at radius 1 is 1.48 bits per heavy atom. The summed E-state index contributed by atoms with van der Waals surface area (Å²) in [4.78, 5) is 25.7. The zero-order valence-corrected chi connectivity index (χ0v) is 13.5. The molecule has 0 bridgehead atoms. The SMILES string of the molecule is Cn1c(=O)oc2cc(NC(=O)N(CC(C)(C)O)C3CC3)ccc21. The number of amides is 2. The maximum Gasteiger partial charge on any atom is 0.419 e. The zero-order chi connectivity index (χ0) is 16.8. The molecule has 0 atom stereocenters. The molecule has 2 N–H and O–H groups in total. The zero-order valence-electron chi connectivity index (χ0n) is 13.5. The van der Waals surface area contributed by atoms with Gasteiger partial charge in [-0.2, -0.15) is 0 Å². The fourth-order valence-corrected chi connectivity index (χ4v) is 2.58. The number of aromatic nitrogens is 1. The normalized spacial score (nSPS) is 15.0. The van der Waals surface area contributed by atoms with Gasteiger partial charge in [0.05, 0.1) is 17.7 Å². The summed E-state index contributed by atoms with van der Waals surface area (Å²) in [5, 5.41) is 12.8. The summed E-state index contributed by atoms with van der Waals surface area (Å²) in [5.41, 5.74) is 0.702. The number of hydrogen-bond acceptors (Lipinski definition) is 4. The lowest BCUT2D eigenvalue weighted by atomic mass is 10.1. The van der Waals surface area contributed by atoms with Crippen LogP contribution in [0.15, 0.2) is 27.4 Å². The highest BCUT2D eigenvalue weighted by molar-refractivity contribution is 5.92. The molecule has 0 saturated heterocycles. The molecule has 1 aromatic carbocycles. The molecule has 7 nitrogen and oxygen atoms in total. The predicted octanol–water partition coefficient (Wildman–Crippen LogP) is 1.90. The average molecular weight is 319 g/mol. The van der Waals surface area contributed by atoms with Gasteiger partial charge in [0.25, 0.3) is 0 Å². The molecule has 2 aromatic rings. The van der Waals surface area contributed by atoms with Gasteiger partial charge in [0.2, 0.25) is 0 Å². The first-order valence-electron chi connectivity index (χ1n) is 7.64. The summed E-state index contributed by atoms with van der Waals surface area (Å²) < 4.78 is 6.53. The first kappa shape index (κ1) is 15.6. The summed E-state index contributed by atoms with van der Waals surface area (Å²) in [7, 11) is 1.63. The second kappa shape index (κ2) is 5.42. The Morgan fingerprint density at radius 2 is 2.17 bits per heavy atom. The van der Waals surface area contributed by atoms with Crippen LogP contribution in [-0.2, 0) is 7.05 Å². The van der Waals surface area contributed by atoms with Crippen LogP contribution in [0.1, 0.15) is 26.7 Å². The molecule has 1 fully saturated rings. The maximum atomic E-state index is 12.5. The van der Waals surface area contributed by atoms with Crippen LogP contribution in [0, 0.1) is 0 Å². The average Bonchev–Trinajstić information content (AvgIpc) is 3.23. The minimum Gasteiger partial charge on any atom is -0.408 e. The highest BCUT2D eigenvalue weighted by atomic mass is 16.4. The number of oxazole rings is 1. The first-order valence-corrected chi connectivity index (χ1v) is 7.64. The summed E-state index contributed by atoms with van der Waals surface area (Å²) in [6, 6.07) is 5.01. The fourth-order valence-electron chi connectivity index (χ4n) is 2.58. The van der Waals surface area contributed by atoms with Crippen molar-refractivity contribution >= 4 is 22.8 Å². The van der Waals surface area contributed by atoms with E-state index in [4.69, 9.17) is 4.42 Å². The van der Waals surface area contributed by atoms with Gasteiger partial charge in [0, 0.05) is 24.8 Å². The van der Waals surface area contributed by atoms with E-state index in [-0.39, 0.29) is 18.6 Å². The maximum absolute atomic E-state index is 12.5. The summed E-state index contributed by atoms with van der Waals surface area (Å²) in [6.45, 7) is 3.63. The molecule has 2 amide bonds. The smallest absolute Gasteiger partial charge is 0.408 e. The van der Waals surface area contributed by atoms with Gasteiger partial charge < -0.3 is 19.7 Å². The van der Waals surface area contributed by atoms with E-state index in [1.54, 1.807) is 44.0 Å². The van der Waals surface area contributed by atoms with Crippen LogP contribution in [0.4, 0.5) is 10.5 Å². The molecule has 1 heterocycles. The summed E-state index contributed by atoms with van der Waals surface area (Å²) >= 11 is 0. The molecule has 7 heteroatoms. The van der Waals surface area contributed by atoms with Crippen LogP contribution >= 0.6 is 0 Å². The number of carbonyl (C=O) groups excluding carboxylic acids is 1. The Hall–Kier alpha value is -2.28. The molecular formula is C16H21N3O4. The van der Waals surface area contributed by atoms with Gasteiger partial charge in [0.15, 0.2) is 5.58 Å². The molecular weight excluding hydrogens is 298 g/mol. The molecule has 0 unspecified atom stereocenters. The Kier molecular flexibility index (Phi) is 3.68. The molecule has 0 aliphatic heterocycles. The van der Waals surface area contributed by atoms with E-state index in [1.807, 2.05) is 0 Å². The Morgan fingerprint density at radius 3 is 2.78 bits per heavy atom. The van der Waals surface area contributed by atoms with Gasteiger partial charge >= 0.3 is 11.8 Å². The quantitative estimate of drug-likeness (QED) is 0.901. The Bertz CT molecular complexity index is 796. The van der Waals surface area contributed by atoms with Crippen LogP contribution in [0.5, 0.6) is 0 Å². The number of aliphatic hydroxyl groups is 1. The van der Waals surface area contributed by atoms with Crippen LogP contribution in [-0.4, -0.2) is 38.8 Å². The van der Waals surface area contributed by atoms with Crippen molar-refractivity contribution in [2.75, 3.05) is 11.9 Å². The lowest BCUT2D eigenvalue weighted by Crippen LogP contribution is -2.45. The van der Waals surface area contributed by atoms with E-state index in [0.29, 0.717) is 16.8 Å². The second-order valence-corrected chi connectivity index (χ2v) is 6.71. The molecule has 1 aromatic heterocycles. The standard InChI is InChI=1S/C16H21N3O4/c1-16(2,22)9-19(11-5-6-11)14(20)17-10-4-7-12-13(8-10)23-15(21)18(12)3/h4,7-8,11,22H,5-6,9H2,1-3H3,(H,17,20). The van der Waals surface area contributed by atoms with Gasteiger partial charge in [-0.3, -0.25) is 4.57 Å². The monoisotopic (exact) mass is 319 g/mol. The van der Waals surface area contributed by atoms with Crippen molar-refractivity contribution in [3.63, 3.8) is 0 Å². The largest absolute Gasteiger partial charge is 0.419 e. The van der Waals surface area contributed by atoms with E-state index in [2.05, 4.69) is 5.32 Å². The number of carbonyl (C=O) groups is 1. The Labute approximate surface area is 133 Å². The number of fused-ring (bicyclic) bond motifs is 1. The van der Waals surface area contributed by atoms with Crippen molar-refractivity contribution in [3.8, 4) is 0 Å². The molecule has 3 rings (SSSR count). The number of aryl methyl sites for hydroxylation is 1. The third-order valence-electron chi connectivity index (χ3n) is 3.85. The fraction of sp³-hybridized carbons (Fsp3) is 0.500. The lowest BCUT2D eigenvalue weighted by Gasteiger charge is -2.29. The summed E-state index contributed by atoms with van der Waals surface area (Å²) in [6.07, 6.45) is 1.91. The summed E-state index contributed by atoms with van der Waals surface area (Å²) in [5.74, 6) is -0.440. The van der Waals surface area contributed by atoms with Crippen molar-refractivity contribution in [2.24, 2.45) is 7.05 Å². The molecule has 0 radical (unpaired) electrons. The van der Waals surface area contributed by atoms with E-state index >= 15 is 0 Å². The van der Waals surface area contributed by atoms with Gasteiger partial charge in [-0.25, -0.2) is 9.59 Å². The predicted molar refractivity (Wildman–Crippen MR) is 86.5 cm³/mol. The molecule has 0 spiro atoms. The van der Waals surface area contributed by atoms with Crippen LogP contribution in [0.3, 0.4) is 0 Å². The van der Waals surface area contributed by atoms with Crippen LogP contribution in [0.2, 0.25) is 0 Å². The number of nitrogens with zero attached hydrogens (tertiary/aromatic N) is 2. The van der Waals surface area contributed by atoms with E-state index in [9.17, 15) is 14.7 Å². The van der Waals surface area contributed by atoms with Crippen molar-refractivity contribution in [3.05, 3.63) is 28.7 Å². The van der Waals surface area contributed by atoms with Crippen LogP contribution < -0.4 is 11.1 Å². The van der Waals surface area contributed by atoms with Gasteiger partial charge in [-0.1, -0.05) is 0 Å². The van der Waals surface area contributed by atoms with Gasteiger partial charge in [0.1, 0.15) is 0 Å². The molecule has 1 aliphatic rings. The lowest BCUT2D eigenvalue weighted by molar-refractivity contribution is 0.0467. The van der Waals surface area contributed by atoms with Crippen LogP contribution in [0.25, 0.3) is 11.1 Å². The van der Waals surface area contributed by atoms with E-state index in [1.165, 1.54) is 4.57 Å². The Balaban J connectivity index is 1.79. The third kappa shape index (κ3) is 3.39. The van der Waals surface area contributed by atoms with Crippen molar-refractivity contribution in [2.45, 2.75) is 38.3 Å². The molecule has 23 heavy (non-hydrogen) atoms. The highest BCUT2D eigenvalue weighted by Crippen LogP contribution is 2.29. The first-order chi connectivity index (χ1) is 10.7. The number of benzene rings is 1. The molecule has 124 valence electrons. The minimum atomic E-state index is -0.948. The van der Waals surface area contributed by atoms with E-state index in [0.717, 1.165) is 12.8 Å². The number of anilines is 1. The minimum absolute atomic E-state index is 0.180. The second-order valence-electron chi connectivity index (χ2n) is 6.71. The number of hydrogen-bond donors (Lipinski definition) is 2. The van der Waals surface area contributed by atoms with Gasteiger partial charge in [-0.05, 0) is 38.8 Å².